The van der Waals surface area contributed by atoms with E-state index < -0.39 is 11.9 Å². The van der Waals surface area contributed by atoms with Gasteiger partial charge in [0, 0.05) is 23.5 Å². The molecule has 3 aromatic heterocycles. The number of rotatable bonds is 1. The minimum Gasteiger partial charge on any atom is -0.491 e. The van der Waals surface area contributed by atoms with E-state index in [2.05, 4.69) is 14.3 Å². The van der Waals surface area contributed by atoms with Crippen LogP contribution >= 0.6 is 11.5 Å². The van der Waals surface area contributed by atoms with E-state index >= 15 is 0 Å². The number of pyridine rings is 2. The van der Waals surface area contributed by atoms with E-state index in [9.17, 15) is 18.3 Å². The minimum atomic E-state index is -4.56. The smallest absolute Gasteiger partial charge is 0.433 e. The van der Waals surface area contributed by atoms with Crippen LogP contribution in [0.2, 0.25) is 0 Å². The van der Waals surface area contributed by atoms with Gasteiger partial charge in [-0.15, -0.1) is 0 Å². The molecule has 1 N–H and O–H groups in total. The predicted molar refractivity (Wildman–Crippen MR) is 67.3 cm³/mol. The molecular formula is C12H6F3N3OS. The first-order valence-corrected chi connectivity index (χ1v) is 6.22. The van der Waals surface area contributed by atoms with Crippen molar-refractivity contribution >= 4 is 21.7 Å². The van der Waals surface area contributed by atoms with Gasteiger partial charge in [-0.2, -0.15) is 17.5 Å². The fraction of sp³-hybridized carbons (Fsp3) is 0.0833. The molecule has 0 bridgehead atoms. The molecule has 8 heteroatoms. The van der Waals surface area contributed by atoms with Crippen LogP contribution in [0.1, 0.15) is 5.69 Å². The molecule has 4 nitrogen and oxygen atoms in total. The molecule has 3 aromatic rings. The molecule has 0 aromatic carbocycles. The predicted octanol–water partition coefficient (Wildman–Crippen LogP) is 3.48. The largest absolute Gasteiger partial charge is 0.491 e. The average molecular weight is 297 g/mol. The number of hydrogen-bond donors (Lipinski definition) is 1. The summed E-state index contributed by atoms with van der Waals surface area (Å²) in [4.78, 5) is 7.33. The van der Waals surface area contributed by atoms with Crippen LogP contribution in [0.3, 0.4) is 0 Å². The third kappa shape index (κ3) is 1.97. The summed E-state index contributed by atoms with van der Waals surface area (Å²) in [6.07, 6.45) is -2.13. The molecule has 0 radical (unpaired) electrons. The maximum absolute atomic E-state index is 13.0. The molecule has 0 amide bonds. The van der Waals surface area contributed by atoms with Crippen LogP contribution < -0.4 is 0 Å². The number of hydrogen-bond acceptors (Lipinski definition) is 5. The van der Waals surface area contributed by atoms with Crippen molar-refractivity contribution in [1.82, 2.24) is 14.3 Å². The summed E-state index contributed by atoms with van der Waals surface area (Å²) in [5.74, 6) is -0.288. The van der Waals surface area contributed by atoms with E-state index in [-0.39, 0.29) is 17.0 Å². The molecular weight excluding hydrogens is 291 g/mol. The van der Waals surface area contributed by atoms with Gasteiger partial charge in [-0.25, -0.2) is 4.98 Å². The molecule has 0 aliphatic rings. The fourth-order valence-corrected chi connectivity index (χ4v) is 2.66. The molecule has 0 aliphatic carbocycles. The fourth-order valence-electron chi connectivity index (χ4n) is 1.89. The van der Waals surface area contributed by atoms with Gasteiger partial charge in [0.15, 0.2) is 5.69 Å². The van der Waals surface area contributed by atoms with Gasteiger partial charge in [-0.3, -0.25) is 4.98 Å². The lowest BCUT2D eigenvalue weighted by molar-refractivity contribution is -0.140. The highest BCUT2D eigenvalue weighted by atomic mass is 32.1. The van der Waals surface area contributed by atoms with Crippen molar-refractivity contribution in [2.24, 2.45) is 0 Å². The van der Waals surface area contributed by atoms with Crippen molar-refractivity contribution in [3.8, 4) is 17.0 Å². The van der Waals surface area contributed by atoms with Crippen LogP contribution in [-0.4, -0.2) is 19.4 Å². The average Bonchev–Trinajstić information content (AvgIpc) is 2.80. The van der Waals surface area contributed by atoms with Crippen molar-refractivity contribution in [3.05, 3.63) is 36.3 Å². The Balaban J connectivity index is 2.32. The van der Waals surface area contributed by atoms with Gasteiger partial charge in [-0.05, 0) is 23.7 Å². The van der Waals surface area contributed by atoms with Crippen molar-refractivity contribution in [2.45, 2.75) is 6.18 Å². The molecule has 0 aliphatic heterocycles. The van der Waals surface area contributed by atoms with Crippen LogP contribution in [0, 0.1) is 0 Å². The first kappa shape index (κ1) is 12.8. The normalized spacial score (nSPS) is 11.9. The van der Waals surface area contributed by atoms with Crippen molar-refractivity contribution in [3.63, 3.8) is 0 Å². The van der Waals surface area contributed by atoms with E-state index in [1.807, 2.05) is 0 Å². The van der Waals surface area contributed by atoms with Gasteiger partial charge in [0.1, 0.15) is 5.52 Å². The summed E-state index contributed by atoms with van der Waals surface area (Å²) in [5, 5.41) is 9.51. The summed E-state index contributed by atoms with van der Waals surface area (Å²) in [6, 6.07) is 4.21. The summed E-state index contributed by atoms with van der Waals surface area (Å²) >= 11 is 0.897. The Bertz CT molecular complexity index is 785. The Morgan fingerprint density at radius 2 is 1.85 bits per heavy atom. The second kappa shape index (κ2) is 4.41. The molecule has 20 heavy (non-hydrogen) atoms. The van der Waals surface area contributed by atoms with Gasteiger partial charge in [0.05, 0.1) is 4.70 Å². The van der Waals surface area contributed by atoms with E-state index in [1.54, 1.807) is 0 Å². The third-order valence-electron chi connectivity index (χ3n) is 2.71. The van der Waals surface area contributed by atoms with Gasteiger partial charge in [0.25, 0.3) is 0 Å². The number of halogens is 3. The van der Waals surface area contributed by atoms with Gasteiger partial charge >= 0.3 is 6.18 Å². The Morgan fingerprint density at radius 1 is 1.05 bits per heavy atom. The Kier molecular flexibility index (Phi) is 2.82. The Hall–Kier alpha value is -2.22. The monoisotopic (exact) mass is 297 g/mol. The van der Waals surface area contributed by atoms with Gasteiger partial charge in [-0.1, -0.05) is 6.07 Å². The molecule has 0 fully saturated rings. The molecule has 0 unspecified atom stereocenters. The molecule has 0 spiro atoms. The van der Waals surface area contributed by atoms with E-state index in [4.69, 9.17) is 0 Å². The summed E-state index contributed by atoms with van der Waals surface area (Å²) in [5.41, 5.74) is -0.547. The molecule has 0 atom stereocenters. The van der Waals surface area contributed by atoms with Crippen LogP contribution in [0.25, 0.3) is 21.3 Å². The second-order valence-corrected chi connectivity index (χ2v) is 4.71. The minimum absolute atomic E-state index is 0.0592. The lowest BCUT2D eigenvalue weighted by Gasteiger charge is -2.11. The molecule has 0 saturated carbocycles. The highest BCUT2D eigenvalue weighted by Gasteiger charge is 2.35. The standard InChI is InChI=1S/C12H6F3N3OS/c13-12(14,15)10-7(2-1-4-17-10)6-3-5-16-8-9(6)20-18-11(8)19/h1-5H,(H,18,19). The molecule has 3 heterocycles. The number of aromatic hydroxyl groups is 1. The Labute approximate surface area is 114 Å². The van der Waals surface area contributed by atoms with Gasteiger partial charge < -0.3 is 5.11 Å². The van der Waals surface area contributed by atoms with Crippen molar-refractivity contribution in [2.75, 3.05) is 0 Å². The van der Waals surface area contributed by atoms with Crippen LogP contribution in [0.4, 0.5) is 13.2 Å². The molecule has 102 valence electrons. The lowest BCUT2D eigenvalue weighted by Crippen LogP contribution is -2.09. The third-order valence-corrected chi connectivity index (χ3v) is 3.57. The summed E-state index contributed by atoms with van der Waals surface area (Å²) < 4.78 is 43.1. The number of alkyl halides is 3. The SMILES string of the molecule is Oc1nsc2c(-c3cccnc3C(F)(F)F)ccnc12. The molecule has 0 saturated heterocycles. The maximum Gasteiger partial charge on any atom is 0.433 e. The quantitative estimate of drug-likeness (QED) is 0.747. The topological polar surface area (TPSA) is 58.9 Å². The zero-order valence-corrected chi connectivity index (χ0v) is 10.5. The maximum atomic E-state index is 13.0. The summed E-state index contributed by atoms with van der Waals surface area (Å²) in [7, 11) is 0. The molecule has 3 rings (SSSR count). The summed E-state index contributed by atoms with van der Waals surface area (Å²) in [6.45, 7) is 0. The second-order valence-electron chi connectivity index (χ2n) is 3.94. The van der Waals surface area contributed by atoms with E-state index in [0.717, 1.165) is 17.7 Å². The zero-order chi connectivity index (χ0) is 14.3. The highest BCUT2D eigenvalue weighted by molar-refractivity contribution is 7.14. The van der Waals surface area contributed by atoms with Crippen molar-refractivity contribution < 1.29 is 18.3 Å². The first-order valence-electron chi connectivity index (χ1n) is 5.44. The van der Waals surface area contributed by atoms with Crippen LogP contribution in [0.15, 0.2) is 30.6 Å². The first-order chi connectivity index (χ1) is 9.48. The number of nitrogens with zero attached hydrogens (tertiary/aromatic N) is 3. The van der Waals surface area contributed by atoms with E-state index in [0.29, 0.717) is 10.3 Å². The van der Waals surface area contributed by atoms with Crippen LogP contribution in [0.5, 0.6) is 5.88 Å². The van der Waals surface area contributed by atoms with Crippen molar-refractivity contribution in [1.29, 1.82) is 0 Å². The van der Waals surface area contributed by atoms with Crippen LogP contribution in [-0.2, 0) is 6.18 Å². The number of fused-ring (bicyclic) bond motifs is 1. The van der Waals surface area contributed by atoms with E-state index in [1.165, 1.54) is 24.4 Å². The Morgan fingerprint density at radius 3 is 2.60 bits per heavy atom. The lowest BCUT2D eigenvalue weighted by atomic mass is 10.0. The highest BCUT2D eigenvalue weighted by Crippen LogP contribution is 2.40. The zero-order valence-electron chi connectivity index (χ0n) is 9.72. The number of aromatic nitrogens is 3. The van der Waals surface area contributed by atoms with Gasteiger partial charge in [0.2, 0.25) is 5.88 Å².